The number of amides is 2. The Labute approximate surface area is 220 Å². The largest absolute Gasteiger partial charge is 0.477 e. The molecule has 3 atom stereocenters. The second-order valence-electron chi connectivity index (χ2n) is 8.55. The first-order valence-electron chi connectivity index (χ1n) is 11.3. The second kappa shape index (κ2) is 11.4. The van der Waals surface area contributed by atoms with Crippen molar-refractivity contribution in [1.29, 1.82) is 0 Å². The molecule has 2 aliphatic rings. The Morgan fingerprint density at radius 3 is 2.68 bits per heavy atom. The molecule has 4 rings (SSSR count). The van der Waals surface area contributed by atoms with Crippen LogP contribution in [0.25, 0.3) is 0 Å². The first-order chi connectivity index (χ1) is 17.7. The molecule has 2 aromatic rings. The number of hydrogen-bond donors (Lipinski definition) is 4. The van der Waals surface area contributed by atoms with Gasteiger partial charge in [0, 0.05) is 11.5 Å². The zero-order valence-electron chi connectivity index (χ0n) is 19.9. The number of carboxylic acid groups (broad SMARTS) is 1. The van der Waals surface area contributed by atoms with Gasteiger partial charge in [0.05, 0.1) is 12.5 Å². The van der Waals surface area contributed by atoms with E-state index < -0.39 is 41.3 Å². The van der Waals surface area contributed by atoms with E-state index in [2.05, 4.69) is 20.7 Å². The number of benzene rings is 1. The van der Waals surface area contributed by atoms with Gasteiger partial charge in [-0.15, -0.1) is 16.9 Å². The molecule has 0 saturated carbocycles. The first-order valence-corrected chi connectivity index (χ1v) is 13.4. The van der Waals surface area contributed by atoms with E-state index in [1.165, 1.54) is 23.5 Å². The number of carbonyl (C=O) groups excluding carboxylic acids is 3. The molecular formula is C23H25N5O7S2. The van der Waals surface area contributed by atoms with E-state index in [9.17, 15) is 29.4 Å². The summed E-state index contributed by atoms with van der Waals surface area (Å²) in [5.74, 6) is -2.51. The Hall–Kier alpha value is -3.36. The number of aliphatic hydroxyl groups excluding tert-OH is 1. The minimum Gasteiger partial charge on any atom is -0.477 e. The Bertz CT molecular complexity index is 1230. The van der Waals surface area contributed by atoms with Crippen molar-refractivity contribution in [3.63, 3.8) is 0 Å². The van der Waals surface area contributed by atoms with Crippen LogP contribution in [-0.2, 0) is 30.3 Å². The fourth-order valence-corrected chi connectivity index (χ4v) is 6.30. The van der Waals surface area contributed by atoms with Gasteiger partial charge in [0.25, 0.3) is 11.8 Å². The van der Waals surface area contributed by atoms with Gasteiger partial charge >= 0.3 is 11.9 Å². The number of thioether (sulfide) groups is 2. The molecular weight excluding hydrogens is 522 g/mol. The quantitative estimate of drug-likeness (QED) is 0.189. The summed E-state index contributed by atoms with van der Waals surface area (Å²) in [4.78, 5) is 50.7. The van der Waals surface area contributed by atoms with E-state index >= 15 is 0 Å². The average molecular weight is 548 g/mol. The summed E-state index contributed by atoms with van der Waals surface area (Å²) in [6.07, 6.45) is -1.80. The minimum absolute atomic E-state index is 0.0838. The number of esters is 1. The summed E-state index contributed by atoms with van der Waals surface area (Å²) in [7, 11) is 0. The highest BCUT2D eigenvalue weighted by molar-refractivity contribution is 8.01. The highest BCUT2D eigenvalue weighted by Gasteiger charge is 2.54. The third-order valence-electron chi connectivity index (χ3n) is 5.56. The van der Waals surface area contributed by atoms with Crippen LogP contribution in [0, 0.1) is 0 Å². The van der Waals surface area contributed by atoms with Gasteiger partial charge in [0.15, 0.2) is 6.10 Å². The molecule has 1 aromatic heterocycles. The zero-order valence-corrected chi connectivity index (χ0v) is 21.5. The maximum absolute atomic E-state index is 12.9. The number of H-pyrrole nitrogens is 1. The van der Waals surface area contributed by atoms with Gasteiger partial charge in [-0.25, -0.2) is 4.79 Å². The predicted octanol–water partition coefficient (Wildman–Crippen LogP) is 0.863. The second-order valence-corrected chi connectivity index (χ2v) is 10.6. The molecule has 0 radical (unpaired) electrons. The van der Waals surface area contributed by atoms with Gasteiger partial charge in [-0.2, -0.15) is 10.3 Å². The van der Waals surface area contributed by atoms with E-state index in [4.69, 9.17) is 4.74 Å². The molecule has 0 aliphatic carbocycles. The lowest BCUT2D eigenvalue weighted by molar-refractivity contribution is -0.151. The van der Waals surface area contributed by atoms with E-state index in [1.807, 2.05) is 0 Å². The molecule has 2 amide bonds. The highest BCUT2D eigenvalue weighted by Crippen LogP contribution is 2.41. The van der Waals surface area contributed by atoms with Crippen molar-refractivity contribution in [3.8, 4) is 0 Å². The Morgan fingerprint density at radius 1 is 1.27 bits per heavy atom. The number of hydrogen-bond acceptors (Lipinski definition) is 10. The lowest BCUT2D eigenvalue weighted by Gasteiger charge is -2.49. The van der Waals surface area contributed by atoms with Crippen molar-refractivity contribution in [2.24, 2.45) is 0 Å². The van der Waals surface area contributed by atoms with Gasteiger partial charge in [0.1, 0.15) is 27.8 Å². The molecule has 1 saturated heterocycles. The Morgan fingerprint density at radius 2 is 2.00 bits per heavy atom. The fraction of sp³-hybridized carbons (Fsp3) is 0.391. The van der Waals surface area contributed by atoms with E-state index in [0.29, 0.717) is 27.6 Å². The van der Waals surface area contributed by atoms with Crippen molar-refractivity contribution >= 4 is 47.3 Å². The number of aromatic amines is 1. The lowest BCUT2D eigenvalue weighted by Crippen LogP contribution is -2.70. The summed E-state index contributed by atoms with van der Waals surface area (Å²) in [5, 5.41) is 33.0. The molecule has 3 heterocycles. The van der Waals surface area contributed by atoms with Crippen molar-refractivity contribution in [1.82, 2.24) is 25.6 Å². The maximum Gasteiger partial charge on any atom is 0.352 e. The molecule has 0 bridgehead atoms. The fourth-order valence-electron chi connectivity index (χ4n) is 3.88. The Balaban J connectivity index is 1.42. The molecule has 1 unspecified atom stereocenters. The van der Waals surface area contributed by atoms with Crippen LogP contribution in [-0.4, -0.2) is 83.3 Å². The number of fused-ring (bicyclic) bond motifs is 1. The van der Waals surface area contributed by atoms with Crippen LogP contribution in [0.5, 0.6) is 0 Å². The lowest BCUT2D eigenvalue weighted by atomic mass is 10.0. The van der Waals surface area contributed by atoms with Gasteiger partial charge in [-0.1, -0.05) is 42.1 Å². The number of carbonyl (C=O) groups is 4. The topological polar surface area (TPSA) is 175 Å². The van der Waals surface area contributed by atoms with Gasteiger partial charge < -0.3 is 20.3 Å². The van der Waals surface area contributed by atoms with Crippen molar-refractivity contribution in [2.75, 3.05) is 11.5 Å². The smallest absolute Gasteiger partial charge is 0.352 e. The summed E-state index contributed by atoms with van der Waals surface area (Å²) >= 11 is 2.51. The molecule has 1 fully saturated rings. The van der Waals surface area contributed by atoms with Crippen LogP contribution in [0.2, 0.25) is 0 Å². The van der Waals surface area contributed by atoms with Crippen LogP contribution in [0.4, 0.5) is 0 Å². The molecule has 0 spiro atoms. The third kappa shape index (κ3) is 5.81. The van der Waals surface area contributed by atoms with E-state index in [0.717, 1.165) is 4.90 Å². The van der Waals surface area contributed by atoms with Crippen LogP contribution >= 0.6 is 23.5 Å². The first kappa shape index (κ1) is 26.7. The predicted molar refractivity (Wildman–Crippen MR) is 133 cm³/mol. The number of rotatable bonds is 10. The van der Waals surface area contributed by atoms with Gasteiger partial charge in [0.2, 0.25) is 0 Å². The number of β-lactam (4-membered cyclic amide) rings is 1. The molecule has 14 heteroatoms. The van der Waals surface area contributed by atoms with Crippen molar-refractivity contribution < 1.29 is 34.1 Å². The third-order valence-corrected chi connectivity index (χ3v) is 7.99. The van der Waals surface area contributed by atoms with Gasteiger partial charge in [-0.05, 0) is 25.0 Å². The summed E-state index contributed by atoms with van der Waals surface area (Å²) in [6, 6.07) is 7.35. The summed E-state index contributed by atoms with van der Waals surface area (Å²) < 4.78 is 5.13. The van der Waals surface area contributed by atoms with Crippen molar-refractivity contribution in [3.05, 3.63) is 52.9 Å². The number of nitrogens with zero attached hydrogens (tertiary/aromatic N) is 3. The van der Waals surface area contributed by atoms with E-state index in [-0.39, 0.29) is 24.0 Å². The van der Waals surface area contributed by atoms with Crippen LogP contribution in [0.15, 0.2) is 46.6 Å². The molecule has 196 valence electrons. The van der Waals surface area contributed by atoms with Crippen LogP contribution in [0.1, 0.15) is 31.2 Å². The molecule has 37 heavy (non-hydrogen) atoms. The SMILES string of the molecule is CC(C)OC(=O)Cc1n[nH]nc1SCC1=C(C(=O)O)N2C(=O)C(NC(=O)[C@H](O)c3ccccc3)[C@H]2SC1. The van der Waals surface area contributed by atoms with Crippen LogP contribution < -0.4 is 5.32 Å². The number of aliphatic hydroxyl groups is 1. The highest BCUT2D eigenvalue weighted by atomic mass is 32.2. The van der Waals surface area contributed by atoms with Crippen molar-refractivity contribution in [2.45, 2.75) is 48.9 Å². The number of aromatic nitrogens is 3. The maximum atomic E-state index is 12.9. The zero-order chi connectivity index (χ0) is 26.7. The molecule has 2 aliphatic heterocycles. The number of carboxylic acids is 1. The molecule has 12 nitrogen and oxygen atoms in total. The minimum atomic E-state index is -1.45. The number of ether oxygens (including phenoxy) is 1. The Kier molecular flexibility index (Phi) is 8.19. The summed E-state index contributed by atoms with van der Waals surface area (Å²) in [6.45, 7) is 3.48. The number of aliphatic carboxylic acids is 1. The van der Waals surface area contributed by atoms with Gasteiger partial charge in [-0.3, -0.25) is 19.3 Å². The van der Waals surface area contributed by atoms with E-state index in [1.54, 1.807) is 44.2 Å². The van der Waals surface area contributed by atoms with Crippen LogP contribution in [0.3, 0.4) is 0 Å². The molecule has 1 aromatic carbocycles. The molecule has 4 N–H and O–H groups in total. The monoisotopic (exact) mass is 547 g/mol. The standard InChI is InChI=1S/C23H25N5O7S2/c1-11(2)35-15(29)8-14-20(26-27-25-14)36-9-13-10-37-22-16(21(32)28(22)17(13)23(33)34)24-19(31)18(30)12-6-4-3-5-7-12/h3-7,11,16,18,22,30H,8-10H2,1-2H3,(H,24,31)(H,33,34)(H,25,26,27)/t16?,18-,22-/m1/s1. The summed E-state index contributed by atoms with van der Waals surface area (Å²) in [5.41, 5.74) is 1.13. The normalized spacial score (nSPS) is 19.8. The average Bonchev–Trinajstić information content (AvgIpc) is 3.31. The number of nitrogens with one attached hydrogen (secondary N) is 2.